The summed E-state index contributed by atoms with van der Waals surface area (Å²) >= 11 is 3.38. The Hall–Kier alpha value is -2.01. The first-order chi connectivity index (χ1) is 11.2. The first-order valence-corrected chi connectivity index (χ1v) is 8.32. The van der Waals surface area contributed by atoms with Crippen molar-refractivity contribution in [1.82, 2.24) is 0 Å². The van der Waals surface area contributed by atoms with Gasteiger partial charge in [0.2, 0.25) is 0 Å². The fourth-order valence-corrected chi connectivity index (χ4v) is 2.98. The number of ether oxygens (including phenoxy) is 2. The highest BCUT2D eigenvalue weighted by Crippen LogP contribution is 2.30. The summed E-state index contributed by atoms with van der Waals surface area (Å²) in [7, 11) is 1.65. The van der Waals surface area contributed by atoms with E-state index in [4.69, 9.17) is 9.47 Å². The minimum absolute atomic E-state index is 0.0287. The van der Waals surface area contributed by atoms with Crippen molar-refractivity contribution >= 4 is 27.5 Å². The summed E-state index contributed by atoms with van der Waals surface area (Å²) in [6, 6.07) is 13.3. The molecule has 0 aliphatic carbocycles. The standard InChI is InChI=1S/C18H18BrNO3/c1-22-16-8-9-17-13(11-16)3-2-10-20(17)18(21)12-23-15-6-4-14(19)5-7-15/h4-9,11H,2-3,10,12H2,1H3. The normalized spacial score (nSPS) is 13.4. The van der Waals surface area contributed by atoms with E-state index in [9.17, 15) is 4.79 Å². The van der Waals surface area contributed by atoms with Crippen LogP contribution in [-0.4, -0.2) is 26.2 Å². The van der Waals surface area contributed by atoms with Crippen molar-refractivity contribution in [3.63, 3.8) is 0 Å². The van der Waals surface area contributed by atoms with Crippen LogP contribution in [0.1, 0.15) is 12.0 Å². The van der Waals surface area contributed by atoms with Crippen LogP contribution >= 0.6 is 15.9 Å². The van der Waals surface area contributed by atoms with Crippen LogP contribution in [0.15, 0.2) is 46.9 Å². The number of benzene rings is 2. The summed E-state index contributed by atoms with van der Waals surface area (Å²) in [6.45, 7) is 0.759. The number of carbonyl (C=O) groups excluding carboxylic acids is 1. The van der Waals surface area contributed by atoms with E-state index in [1.807, 2.05) is 42.5 Å². The third-order valence-corrected chi connectivity index (χ3v) is 4.41. The number of rotatable bonds is 4. The number of amides is 1. The van der Waals surface area contributed by atoms with Crippen molar-refractivity contribution in [3.05, 3.63) is 52.5 Å². The molecule has 4 nitrogen and oxygen atoms in total. The molecule has 0 saturated carbocycles. The maximum absolute atomic E-state index is 12.5. The van der Waals surface area contributed by atoms with Crippen molar-refractivity contribution < 1.29 is 14.3 Å². The Morgan fingerprint density at radius 3 is 2.65 bits per heavy atom. The van der Waals surface area contributed by atoms with Gasteiger partial charge in [-0.1, -0.05) is 15.9 Å². The zero-order valence-corrected chi connectivity index (χ0v) is 14.5. The molecule has 120 valence electrons. The van der Waals surface area contributed by atoms with Crippen LogP contribution in [0, 0.1) is 0 Å². The largest absolute Gasteiger partial charge is 0.497 e. The second kappa shape index (κ2) is 7.04. The van der Waals surface area contributed by atoms with Gasteiger partial charge in [0, 0.05) is 16.7 Å². The molecule has 1 amide bonds. The van der Waals surface area contributed by atoms with Gasteiger partial charge in [0.15, 0.2) is 6.61 Å². The van der Waals surface area contributed by atoms with Crippen LogP contribution in [0.2, 0.25) is 0 Å². The fourth-order valence-electron chi connectivity index (χ4n) is 2.71. The molecule has 1 aliphatic rings. The minimum atomic E-state index is -0.0287. The van der Waals surface area contributed by atoms with Crippen molar-refractivity contribution in [1.29, 1.82) is 0 Å². The minimum Gasteiger partial charge on any atom is -0.497 e. The highest BCUT2D eigenvalue weighted by Gasteiger charge is 2.23. The molecule has 0 aromatic heterocycles. The second-order valence-corrected chi connectivity index (χ2v) is 6.30. The van der Waals surface area contributed by atoms with E-state index in [0.29, 0.717) is 5.75 Å². The zero-order chi connectivity index (χ0) is 16.2. The molecule has 2 aromatic rings. The van der Waals surface area contributed by atoms with Crippen molar-refractivity contribution in [2.24, 2.45) is 0 Å². The van der Waals surface area contributed by atoms with Gasteiger partial charge in [-0.05, 0) is 60.9 Å². The number of hydrogen-bond acceptors (Lipinski definition) is 3. The summed E-state index contributed by atoms with van der Waals surface area (Å²) in [6.07, 6.45) is 1.91. The summed E-state index contributed by atoms with van der Waals surface area (Å²) in [5.74, 6) is 1.48. The topological polar surface area (TPSA) is 38.8 Å². The van der Waals surface area contributed by atoms with Crippen LogP contribution in [0.25, 0.3) is 0 Å². The van der Waals surface area contributed by atoms with Crippen molar-refractivity contribution in [3.8, 4) is 11.5 Å². The number of aryl methyl sites for hydroxylation is 1. The van der Waals surface area contributed by atoms with Gasteiger partial charge in [-0.3, -0.25) is 4.79 Å². The third-order valence-electron chi connectivity index (χ3n) is 3.88. The molecule has 0 spiro atoms. The van der Waals surface area contributed by atoms with Gasteiger partial charge in [-0.2, -0.15) is 0 Å². The highest BCUT2D eigenvalue weighted by atomic mass is 79.9. The van der Waals surface area contributed by atoms with Crippen molar-refractivity contribution in [2.75, 3.05) is 25.2 Å². The first kappa shape index (κ1) is 15.9. The highest BCUT2D eigenvalue weighted by molar-refractivity contribution is 9.10. The Morgan fingerprint density at radius 2 is 1.91 bits per heavy atom. The van der Waals surface area contributed by atoms with Crippen LogP contribution in [0.5, 0.6) is 11.5 Å². The quantitative estimate of drug-likeness (QED) is 0.815. The van der Waals surface area contributed by atoms with Gasteiger partial charge in [-0.25, -0.2) is 0 Å². The Labute approximate surface area is 144 Å². The molecule has 1 aliphatic heterocycles. The predicted octanol–water partition coefficient (Wildman–Crippen LogP) is 3.82. The zero-order valence-electron chi connectivity index (χ0n) is 12.9. The van der Waals surface area contributed by atoms with Gasteiger partial charge in [0.25, 0.3) is 5.91 Å². The number of fused-ring (bicyclic) bond motifs is 1. The van der Waals surface area contributed by atoms with E-state index in [1.165, 1.54) is 0 Å². The number of hydrogen-bond donors (Lipinski definition) is 0. The van der Waals surface area contributed by atoms with Gasteiger partial charge >= 0.3 is 0 Å². The maximum atomic E-state index is 12.5. The molecule has 0 unspecified atom stereocenters. The first-order valence-electron chi connectivity index (χ1n) is 7.53. The van der Waals surface area contributed by atoms with Gasteiger partial charge < -0.3 is 14.4 Å². The molecule has 0 fully saturated rings. The number of carbonyl (C=O) groups is 1. The van der Waals surface area contributed by atoms with Gasteiger partial charge in [0.1, 0.15) is 11.5 Å². The lowest BCUT2D eigenvalue weighted by atomic mass is 10.0. The molecule has 2 aromatic carbocycles. The molecule has 0 atom stereocenters. The van der Waals surface area contributed by atoms with E-state index >= 15 is 0 Å². The number of anilines is 1. The van der Waals surface area contributed by atoms with Crippen LogP contribution in [-0.2, 0) is 11.2 Å². The maximum Gasteiger partial charge on any atom is 0.264 e. The monoisotopic (exact) mass is 375 g/mol. The molecular weight excluding hydrogens is 358 g/mol. The smallest absolute Gasteiger partial charge is 0.264 e. The molecule has 3 rings (SSSR count). The molecule has 1 heterocycles. The lowest BCUT2D eigenvalue weighted by molar-refractivity contribution is -0.120. The Morgan fingerprint density at radius 1 is 1.17 bits per heavy atom. The fraction of sp³-hybridized carbons (Fsp3) is 0.278. The van der Waals surface area contributed by atoms with E-state index in [1.54, 1.807) is 12.0 Å². The summed E-state index contributed by atoms with van der Waals surface area (Å²) < 4.78 is 11.8. The molecule has 23 heavy (non-hydrogen) atoms. The molecule has 0 N–H and O–H groups in total. The van der Waals surface area contributed by atoms with Crippen molar-refractivity contribution in [2.45, 2.75) is 12.8 Å². The lowest BCUT2D eigenvalue weighted by Gasteiger charge is -2.29. The predicted molar refractivity (Wildman–Crippen MR) is 93.3 cm³/mol. The SMILES string of the molecule is COc1ccc2c(c1)CCCN2C(=O)COc1ccc(Br)cc1. The molecule has 0 radical (unpaired) electrons. The summed E-state index contributed by atoms with van der Waals surface area (Å²) in [5.41, 5.74) is 2.11. The summed E-state index contributed by atoms with van der Waals surface area (Å²) in [4.78, 5) is 14.3. The van der Waals surface area contributed by atoms with Crippen LogP contribution in [0.4, 0.5) is 5.69 Å². The molecule has 0 saturated heterocycles. The van der Waals surface area contributed by atoms with E-state index in [2.05, 4.69) is 15.9 Å². The number of halogens is 1. The number of methoxy groups -OCH3 is 1. The Bertz CT molecular complexity index is 700. The molecule has 5 heteroatoms. The van der Waals surface area contributed by atoms with Crippen LogP contribution in [0.3, 0.4) is 0 Å². The van der Waals surface area contributed by atoms with Crippen LogP contribution < -0.4 is 14.4 Å². The average Bonchev–Trinajstić information content (AvgIpc) is 2.60. The molecule has 0 bridgehead atoms. The third kappa shape index (κ3) is 3.67. The van der Waals surface area contributed by atoms with Gasteiger partial charge in [0.05, 0.1) is 7.11 Å². The van der Waals surface area contributed by atoms with E-state index < -0.39 is 0 Å². The van der Waals surface area contributed by atoms with E-state index in [0.717, 1.165) is 40.9 Å². The lowest BCUT2D eigenvalue weighted by Crippen LogP contribution is -2.38. The molecular formula is C18H18BrNO3. The summed E-state index contributed by atoms with van der Waals surface area (Å²) in [5, 5.41) is 0. The average molecular weight is 376 g/mol. The second-order valence-electron chi connectivity index (χ2n) is 5.39. The Balaban J connectivity index is 1.70. The van der Waals surface area contributed by atoms with Gasteiger partial charge in [-0.15, -0.1) is 0 Å². The van der Waals surface area contributed by atoms with E-state index in [-0.39, 0.29) is 12.5 Å². The Kier molecular flexibility index (Phi) is 4.86. The number of nitrogens with zero attached hydrogens (tertiary/aromatic N) is 1.